The van der Waals surface area contributed by atoms with Crippen LogP contribution in [0.5, 0.6) is 5.75 Å². The average Bonchev–Trinajstić information content (AvgIpc) is 3.60. The number of ether oxygens (including phenoxy) is 1. The first-order valence-corrected chi connectivity index (χ1v) is 15.7. The number of carbonyl (C=O) groups excluding carboxylic acids is 2. The smallest absolute Gasteiger partial charge is 0.262 e. The number of ketones is 1. The van der Waals surface area contributed by atoms with Crippen molar-refractivity contribution in [1.29, 1.82) is 0 Å². The summed E-state index contributed by atoms with van der Waals surface area (Å²) in [4.78, 5) is 26.3. The molecule has 1 aliphatic carbocycles. The maximum atomic E-state index is 13.4. The van der Waals surface area contributed by atoms with Crippen molar-refractivity contribution < 1.29 is 14.3 Å². The molecule has 5 rings (SSSR count). The Bertz CT molecular complexity index is 1630. The molecule has 9 heteroatoms. The minimum atomic E-state index is -0.348. The lowest BCUT2D eigenvalue weighted by Crippen LogP contribution is -2.24. The standard InChI is InChI=1S/C34H39N5O3S/c1-7-33(3,4)23-15-17-28(27(19-23)34(5,6)8-2)42-21-30(40)35-24-16-14-22-18-29(31(41)26(22)20-24)43-32-36-37-38-39(32)25-12-10-9-11-13-25/h9-17,19-20,29H,7-8,18,21H2,1-6H3,(H,35,40)/t29-/m1/s1. The number of amides is 1. The highest BCUT2D eigenvalue weighted by Crippen LogP contribution is 2.39. The van der Waals surface area contributed by atoms with E-state index in [4.69, 9.17) is 4.74 Å². The van der Waals surface area contributed by atoms with Crippen LogP contribution in [0.15, 0.2) is 71.9 Å². The van der Waals surface area contributed by atoms with Gasteiger partial charge in [0.2, 0.25) is 5.16 Å². The zero-order valence-electron chi connectivity index (χ0n) is 25.7. The van der Waals surface area contributed by atoms with Crippen LogP contribution in [0.3, 0.4) is 0 Å². The molecule has 1 N–H and O–H groups in total. The quantitative estimate of drug-likeness (QED) is 0.200. The van der Waals surface area contributed by atoms with Crippen LogP contribution >= 0.6 is 11.8 Å². The molecule has 0 spiro atoms. The highest BCUT2D eigenvalue weighted by Gasteiger charge is 2.33. The fraction of sp³-hybridized carbons (Fsp3) is 0.382. The second-order valence-corrected chi connectivity index (χ2v) is 13.4. The molecule has 4 aromatic rings. The zero-order valence-corrected chi connectivity index (χ0v) is 26.5. The Morgan fingerprint density at radius 2 is 1.74 bits per heavy atom. The molecule has 0 bridgehead atoms. The predicted octanol–water partition coefficient (Wildman–Crippen LogP) is 6.95. The van der Waals surface area contributed by atoms with E-state index >= 15 is 0 Å². The van der Waals surface area contributed by atoms with E-state index in [0.29, 0.717) is 22.8 Å². The molecule has 0 unspecified atom stereocenters. The molecule has 8 nitrogen and oxygen atoms in total. The number of benzene rings is 3. The number of hydrogen-bond donors (Lipinski definition) is 1. The molecule has 1 heterocycles. The third-order valence-electron chi connectivity index (χ3n) is 8.66. The highest BCUT2D eigenvalue weighted by molar-refractivity contribution is 8.00. The number of Topliss-reactive ketones (excluding diaryl/α,β-unsaturated/α-hetero) is 1. The third kappa shape index (κ3) is 6.51. The largest absolute Gasteiger partial charge is 0.483 e. The Balaban J connectivity index is 1.25. The Morgan fingerprint density at radius 3 is 2.47 bits per heavy atom. The summed E-state index contributed by atoms with van der Waals surface area (Å²) >= 11 is 1.35. The van der Waals surface area contributed by atoms with Gasteiger partial charge in [-0.15, -0.1) is 5.10 Å². The summed E-state index contributed by atoms with van der Waals surface area (Å²) in [6.45, 7) is 13.1. The number of para-hydroxylation sites is 1. The molecule has 1 aliphatic rings. The van der Waals surface area contributed by atoms with Gasteiger partial charge in [-0.25, -0.2) is 0 Å². The average molecular weight is 598 g/mol. The van der Waals surface area contributed by atoms with E-state index in [2.05, 4.69) is 74.5 Å². The fourth-order valence-corrected chi connectivity index (χ4v) is 6.15. The van der Waals surface area contributed by atoms with Crippen LogP contribution in [0.1, 0.15) is 81.4 Å². The van der Waals surface area contributed by atoms with Gasteiger partial charge in [0.1, 0.15) is 5.75 Å². The molecule has 0 saturated carbocycles. The van der Waals surface area contributed by atoms with Gasteiger partial charge >= 0.3 is 0 Å². The van der Waals surface area contributed by atoms with Crippen molar-refractivity contribution in [2.24, 2.45) is 0 Å². The first-order valence-electron chi connectivity index (χ1n) is 14.8. The number of hydrogen-bond acceptors (Lipinski definition) is 7. The van der Waals surface area contributed by atoms with Crippen molar-refractivity contribution in [3.8, 4) is 11.4 Å². The maximum Gasteiger partial charge on any atom is 0.262 e. The molecule has 1 amide bonds. The number of aromatic nitrogens is 4. The number of tetrazole rings is 1. The van der Waals surface area contributed by atoms with Crippen molar-refractivity contribution in [3.63, 3.8) is 0 Å². The number of anilines is 1. The third-order valence-corrected chi connectivity index (χ3v) is 9.79. The minimum Gasteiger partial charge on any atom is -0.483 e. The summed E-state index contributed by atoms with van der Waals surface area (Å²) in [7, 11) is 0. The van der Waals surface area contributed by atoms with Crippen molar-refractivity contribution in [3.05, 3.63) is 89.0 Å². The van der Waals surface area contributed by atoms with Gasteiger partial charge in [-0.2, -0.15) is 4.68 Å². The molecular weight excluding hydrogens is 558 g/mol. The van der Waals surface area contributed by atoms with E-state index in [9.17, 15) is 9.59 Å². The molecule has 0 radical (unpaired) electrons. The van der Waals surface area contributed by atoms with Crippen molar-refractivity contribution in [2.45, 2.75) is 82.0 Å². The van der Waals surface area contributed by atoms with E-state index in [-0.39, 0.29) is 34.4 Å². The van der Waals surface area contributed by atoms with Crippen LogP contribution in [0.4, 0.5) is 5.69 Å². The predicted molar refractivity (Wildman–Crippen MR) is 170 cm³/mol. The molecule has 0 fully saturated rings. The summed E-state index contributed by atoms with van der Waals surface area (Å²) < 4.78 is 7.73. The van der Waals surface area contributed by atoms with E-state index < -0.39 is 0 Å². The summed E-state index contributed by atoms with van der Waals surface area (Å²) in [6, 6.07) is 21.4. The van der Waals surface area contributed by atoms with E-state index in [0.717, 1.165) is 35.4 Å². The molecular formula is C34H39N5O3S. The Kier molecular flexibility index (Phi) is 8.74. The number of nitrogens with one attached hydrogen (secondary N) is 1. The molecule has 224 valence electrons. The van der Waals surface area contributed by atoms with E-state index in [1.54, 1.807) is 10.7 Å². The van der Waals surface area contributed by atoms with Crippen LogP contribution < -0.4 is 10.1 Å². The number of carbonyl (C=O) groups is 2. The van der Waals surface area contributed by atoms with E-state index in [1.165, 1.54) is 17.3 Å². The molecule has 0 aliphatic heterocycles. The lowest BCUT2D eigenvalue weighted by molar-refractivity contribution is -0.118. The van der Waals surface area contributed by atoms with Gasteiger partial charge in [0.15, 0.2) is 12.4 Å². The normalized spacial score (nSPS) is 14.9. The van der Waals surface area contributed by atoms with Crippen molar-refractivity contribution >= 4 is 29.1 Å². The lowest BCUT2D eigenvalue weighted by atomic mass is 9.76. The van der Waals surface area contributed by atoms with Crippen LogP contribution in [0.2, 0.25) is 0 Å². The van der Waals surface area contributed by atoms with Gasteiger partial charge in [-0.1, -0.05) is 89.7 Å². The summed E-state index contributed by atoms with van der Waals surface area (Å²) in [5.74, 6) is 0.438. The van der Waals surface area contributed by atoms with Gasteiger partial charge in [0, 0.05) is 16.8 Å². The zero-order chi connectivity index (χ0) is 30.8. The SMILES string of the molecule is CCC(C)(C)c1ccc(OCC(=O)Nc2ccc3c(c2)C(=O)[C@H](Sc2nnnn2-c2ccccc2)C3)c(C(C)(C)CC)c1. The van der Waals surface area contributed by atoms with Crippen molar-refractivity contribution in [1.82, 2.24) is 20.2 Å². The molecule has 3 aromatic carbocycles. The summed E-state index contributed by atoms with van der Waals surface area (Å²) in [5.41, 5.74) is 5.25. The van der Waals surface area contributed by atoms with Crippen LogP contribution in [0, 0.1) is 0 Å². The van der Waals surface area contributed by atoms with Gasteiger partial charge < -0.3 is 10.1 Å². The maximum absolute atomic E-state index is 13.4. The van der Waals surface area contributed by atoms with Crippen LogP contribution in [0.25, 0.3) is 5.69 Å². The van der Waals surface area contributed by atoms with Crippen LogP contribution in [-0.4, -0.2) is 43.8 Å². The fourth-order valence-electron chi connectivity index (χ4n) is 5.07. The number of thioether (sulfide) groups is 1. The summed E-state index contributed by atoms with van der Waals surface area (Å²) in [5, 5.41) is 15.2. The van der Waals surface area contributed by atoms with Crippen LogP contribution in [-0.2, 0) is 22.0 Å². The molecule has 43 heavy (non-hydrogen) atoms. The Hall–Kier alpha value is -3.98. The van der Waals surface area contributed by atoms with E-state index in [1.807, 2.05) is 48.5 Å². The monoisotopic (exact) mass is 597 g/mol. The summed E-state index contributed by atoms with van der Waals surface area (Å²) in [6.07, 6.45) is 2.53. The molecule has 1 aromatic heterocycles. The van der Waals surface area contributed by atoms with Gasteiger partial charge in [0.05, 0.1) is 10.9 Å². The van der Waals surface area contributed by atoms with Gasteiger partial charge in [-0.05, 0) is 82.0 Å². The number of fused-ring (bicyclic) bond motifs is 1. The highest BCUT2D eigenvalue weighted by atomic mass is 32.2. The minimum absolute atomic E-state index is 0.00325. The number of nitrogens with zero attached hydrogens (tertiary/aromatic N) is 4. The lowest BCUT2D eigenvalue weighted by Gasteiger charge is -2.30. The molecule has 1 atom stereocenters. The van der Waals surface area contributed by atoms with Gasteiger partial charge in [-0.3, -0.25) is 9.59 Å². The second kappa shape index (κ2) is 12.3. The number of rotatable bonds is 11. The molecule has 0 saturated heterocycles. The van der Waals surface area contributed by atoms with Gasteiger partial charge in [0.25, 0.3) is 5.91 Å². The first-order chi connectivity index (χ1) is 20.5. The van der Waals surface area contributed by atoms with Crippen molar-refractivity contribution in [2.75, 3.05) is 11.9 Å². The second-order valence-electron chi connectivity index (χ2n) is 12.3. The Labute approximate surface area is 257 Å². The first kappa shape index (κ1) is 30.5. The topological polar surface area (TPSA) is 99.0 Å². The Morgan fingerprint density at radius 1 is 1.00 bits per heavy atom.